The molecule has 19 heavy (non-hydrogen) atoms. The lowest BCUT2D eigenvalue weighted by Gasteiger charge is -2.08. The average Bonchev–Trinajstić information content (AvgIpc) is 2.39. The van der Waals surface area contributed by atoms with E-state index >= 15 is 0 Å². The van der Waals surface area contributed by atoms with E-state index in [2.05, 4.69) is 31.5 Å². The zero-order valence-electron chi connectivity index (χ0n) is 9.76. The van der Waals surface area contributed by atoms with E-state index in [4.69, 9.17) is 12.2 Å². The summed E-state index contributed by atoms with van der Waals surface area (Å²) in [6.07, 6.45) is 3.25. The van der Waals surface area contributed by atoms with Gasteiger partial charge in [-0.25, -0.2) is 4.79 Å². The summed E-state index contributed by atoms with van der Waals surface area (Å²) < 4.78 is 0.889. The quantitative estimate of drug-likeness (QED) is 0.827. The molecule has 0 aliphatic heterocycles. The second-order valence-corrected chi connectivity index (χ2v) is 4.98. The first-order valence-electron chi connectivity index (χ1n) is 5.43. The minimum atomic E-state index is -0.382. The maximum Gasteiger partial charge on any atom is 0.324 e. The fourth-order valence-corrected chi connectivity index (χ4v) is 2.01. The van der Waals surface area contributed by atoms with Crippen LogP contribution in [0.5, 0.6) is 0 Å². The SMILES string of the molecule is O=C(NC(=S)c1cccnc1)Nc1cccc(Br)c1. The Hall–Kier alpha value is -1.79. The number of halogens is 1. The lowest BCUT2D eigenvalue weighted by molar-refractivity contribution is 0.256. The van der Waals surface area contributed by atoms with Crippen molar-refractivity contribution < 1.29 is 4.79 Å². The first-order chi connectivity index (χ1) is 9.15. The molecular formula is C13H10BrN3OS. The standard InChI is InChI=1S/C13H10BrN3OS/c14-10-4-1-5-11(7-10)16-13(18)17-12(19)9-3-2-6-15-8-9/h1-8H,(H2,16,17,18,19). The van der Waals surface area contributed by atoms with Gasteiger partial charge in [-0.3, -0.25) is 10.3 Å². The molecule has 0 saturated heterocycles. The van der Waals surface area contributed by atoms with Crippen molar-refractivity contribution in [3.8, 4) is 0 Å². The summed E-state index contributed by atoms with van der Waals surface area (Å²) in [6.45, 7) is 0. The van der Waals surface area contributed by atoms with Crippen LogP contribution >= 0.6 is 28.1 Å². The van der Waals surface area contributed by atoms with Crippen LogP contribution in [0.4, 0.5) is 10.5 Å². The molecule has 4 nitrogen and oxygen atoms in total. The molecule has 2 amide bonds. The van der Waals surface area contributed by atoms with Crippen molar-refractivity contribution >= 4 is 44.9 Å². The van der Waals surface area contributed by atoms with Crippen LogP contribution in [0.15, 0.2) is 53.3 Å². The molecule has 1 heterocycles. The second kappa shape index (κ2) is 6.40. The highest BCUT2D eigenvalue weighted by molar-refractivity contribution is 9.10. The molecule has 0 fully saturated rings. The van der Waals surface area contributed by atoms with Crippen molar-refractivity contribution in [3.63, 3.8) is 0 Å². The molecular weight excluding hydrogens is 326 g/mol. The maximum absolute atomic E-state index is 11.8. The van der Waals surface area contributed by atoms with Crippen molar-refractivity contribution in [1.29, 1.82) is 0 Å². The lowest BCUT2D eigenvalue weighted by atomic mass is 10.3. The number of thiocarbonyl (C=S) groups is 1. The summed E-state index contributed by atoms with van der Waals surface area (Å²) in [5, 5.41) is 5.29. The van der Waals surface area contributed by atoms with Gasteiger partial charge in [0, 0.05) is 28.1 Å². The second-order valence-electron chi connectivity index (χ2n) is 3.66. The summed E-state index contributed by atoms with van der Waals surface area (Å²) in [6, 6.07) is 10.5. The lowest BCUT2D eigenvalue weighted by Crippen LogP contribution is -2.33. The van der Waals surface area contributed by atoms with Crippen LogP contribution in [0.25, 0.3) is 0 Å². The maximum atomic E-state index is 11.8. The first-order valence-corrected chi connectivity index (χ1v) is 6.63. The third-order valence-electron chi connectivity index (χ3n) is 2.23. The minimum absolute atomic E-state index is 0.334. The molecule has 0 unspecified atom stereocenters. The predicted molar refractivity (Wildman–Crippen MR) is 82.2 cm³/mol. The number of aromatic nitrogens is 1. The van der Waals surface area contributed by atoms with E-state index < -0.39 is 0 Å². The molecule has 2 N–H and O–H groups in total. The fraction of sp³-hybridized carbons (Fsp3) is 0. The highest BCUT2D eigenvalue weighted by Crippen LogP contribution is 2.15. The number of amides is 2. The zero-order valence-corrected chi connectivity index (χ0v) is 12.2. The fourth-order valence-electron chi connectivity index (χ4n) is 1.40. The number of urea groups is 1. The number of benzene rings is 1. The van der Waals surface area contributed by atoms with Gasteiger partial charge in [0.25, 0.3) is 0 Å². The molecule has 1 aromatic carbocycles. The van der Waals surface area contributed by atoms with Gasteiger partial charge < -0.3 is 5.32 Å². The number of nitrogens with zero attached hydrogens (tertiary/aromatic N) is 1. The summed E-state index contributed by atoms with van der Waals surface area (Å²) in [7, 11) is 0. The van der Waals surface area contributed by atoms with Gasteiger partial charge in [0.1, 0.15) is 4.99 Å². The number of carbonyl (C=O) groups excluding carboxylic acids is 1. The van der Waals surface area contributed by atoms with Gasteiger partial charge in [0.15, 0.2) is 0 Å². The minimum Gasteiger partial charge on any atom is -0.308 e. The Balaban J connectivity index is 1.97. The molecule has 0 atom stereocenters. The number of carbonyl (C=O) groups is 1. The summed E-state index contributed by atoms with van der Waals surface area (Å²) in [5.74, 6) is 0. The van der Waals surface area contributed by atoms with Crippen LogP contribution in [-0.2, 0) is 0 Å². The third-order valence-corrected chi connectivity index (χ3v) is 3.06. The van der Waals surface area contributed by atoms with E-state index in [1.54, 1.807) is 36.7 Å². The van der Waals surface area contributed by atoms with E-state index in [-0.39, 0.29) is 6.03 Å². The van der Waals surface area contributed by atoms with Crippen LogP contribution in [0.2, 0.25) is 0 Å². The highest BCUT2D eigenvalue weighted by atomic mass is 79.9. The van der Waals surface area contributed by atoms with Crippen molar-refractivity contribution in [3.05, 3.63) is 58.8 Å². The smallest absolute Gasteiger partial charge is 0.308 e. The monoisotopic (exact) mass is 335 g/mol. The number of hydrogen-bond acceptors (Lipinski definition) is 3. The molecule has 0 saturated carbocycles. The van der Waals surface area contributed by atoms with Crippen molar-refractivity contribution in [2.75, 3.05) is 5.32 Å². The third kappa shape index (κ3) is 4.11. The molecule has 2 aromatic rings. The van der Waals surface area contributed by atoms with Crippen molar-refractivity contribution in [2.45, 2.75) is 0 Å². The van der Waals surface area contributed by atoms with Crippen LogP contribution in [0.1, 0.15) is 5.56 Å². The van der Waals surface area contributed by atoms with Gasteiger partial charge in [-0.05, 0) is 30.3 Å². The van der Waals surface area contributed by atoms with Crippen LogP contribution < -0.4 is 10.6 Å². The summed E-state index contributed by atoms with van der Waals surface area (Å²) in [4.78, 5) is 16.0. The van der Waals surface area contributed by atoms with Gasteiger partial charge in [-0.1, -0.05) is 34.2 Å². The van der Waals surface area contributed by atoms with E-state index in [0.717, 1.165) is 4.47 Å². The predicted octanol–water partition coefficient (Wildman–Crippen LogP) is 3.34. The molecule has 0 radical (unpaired) electrons. The first kappa shape index (κ1) is 13.6. The Kier molecular flexibility index (Phi) is 4.59. The van der Waals surface area contributed by atoms with Crippen LogP contribution in [0.3, 0.4) is 0 Å². The van der Waals surface area contributed by atoms with Gasteiger partial charge in [-0.2, -0.15) is 0 Å². The van der Waals surface area contributed by atoms with E-state index in [1.807, 2.05) is 12.1 Å². The summed E-state index contributed by atoms with van der Waals surface area (Å²) >= 11 is 8.45. The Morgan fingerprint density at radius 2 is 2.11 bits per heavy atom. The average molecular weight is 336 g/mol. The van der Waals surface area contributed by atoms with Gasteiger partial charge in [-0.15, -0.1) is 0 Å². The molecule has 6 heteroatoms. The molecule has 96 valence electrons. The largest absolute Gasteiger partial charge is 0.324 e. The van der Waals surface area contributed by atoms with Gasteiger partial charge in [0.05, 0.1) is 0 Å². The molecule has 0 aliphatic carbocycles. The highest BCUT2D eigenvalue weighted by Gasteiger charge is 2.06. The zero-order chi connectivity index (χ0) is 13.7. The van der Waals surface area contributed by atoms with Crippen LogP contribution in [-0.4, -0.2) is 16.0 Å². The van der Waals surface area contributed by atoms with Gasteiger partial charge >= 0.3 is 6.03 Å². The Labute approximate surface area is 124 Å². The van der Waals surface area contributed by atoms with Crippen molar-refractivity contribution in [2.24, 2.45) is 0 Å². The van der Waals surface area contributed by atoms with E-state index in [0.29, 0.717) is 16.2 Å². The topological polar surface area (TPSA) is 54.0 Å². The van der Waals surface area contributed by atoms with E-state index in [1.165, 1.54) is 0 Å². The number of nitrogens with one attached hydrogen (secondary N) is 2. The Bertz CT molecular complexity index is 604. The molecule has 2 rings (SSSR count). The molecule has 0 spiro atoms. The number of anilines is 1. The summed E-state index contributed by atoms with van der Waals surface area (Å²) in [5.41, 5.74) is 1.38. The molecule has 0 aliphatic rings. The molecule has 0 bridgehead atoms. The van der Waals surface area contributed by atoms with Gasteiger partial charge in [0.2, 0.25) is 0 Å². The molecule has 1 aromatic heterocycles. The number of rotatable bonds is 2. The number of hydrogen-bond donors (Lipinski definition) is 2. The Morgan fingerprint density at radius 1 is 1.26 bits per heavy atom. The normalized spacial score (nSPS) is 9.74. The van der Waals surface area contributed by atoms with E-state index in [9.17, 15) is 4.79 Å². The Morgan fingerprint density at radius 3 is 2.79 bits per heavy atom. The van der Waals surface area contributed by atoms with Crippen LogP contribution in [0, 0.1) is 0 Å². The number of pyridine rings is 1. The van der Waals surface area contributed by atoms with Crippen molar-refractivity contribution in [1.82, 2.24) is 10.3 Å².